The van der Waals surface area contributed by atoms with Crippen molar-refractivity contribution in [3.8, 4) is 0 Å². The number of carboxylic acid groups (broad SMARTS) is 1. The number of nitrogens with zero attached hydrogens (tertiary/aromatic N) is 1. The van der Waals surface area contributed by atoms with E-state index in [0.29, 0.717) is 13.0 Å². The Morgan fingerprint density at radius 1 is 0.659 bits per heavy atom. The van der Waals surface area contributed by atoms with Crippen molar-refractivity contribution in [2.24, 2.45) is 0 Å². The summed E-state index contributed by atoms with van der Waals surface area (Å²) >= 11 is 0. The zero-order chi connectivity index (χ0) is 32.4. The third-order valence-corrected chi connectivity index (χ3v) is 8.36. The number of carboxylic acids is 1. The normalized spacial score (nSPS) is 12.4. The maximum absolute atomic E-state index is 13.2. The molecule has 0 aliphatic rings. The standard InChI is InChI=1S/C38H71NO5/c1-3-5-7-9-11-13-15-16-17-18-19-20-21-23-25-27-29-36(35-44-34-33-40)39(32-31-38(42)43)37(41)30-28-26-24-22-14-12-10-8-6-4-2/h16-17,26,28,36,40H,3-15,18-25,27,29-35H2,1-2H3,(H,42,43). The van der Waals surface area contributed by atoms with Gasteiger partial charge in [0.2, 0.25) is 5.91 Å². The van der Waals surface area contributed by atoms with E-state index >= 15 is 0 Å². The number of allylic oxidation sites excluding steroid dienone is 3. The van der Waals surface area contributed by atoms with Gasteiger partial charge in [-0.1, -0.05) is 141 Å². The van der Waals surface area contributed by atoms with Crippen LogP contribution >= 0.6 is 0 Å². The van der Waals surface area contributed by atoms with Gasteiger partial charge in [0.25, 0.3) is 0 Å². The summed E-state index contributed by atoms with van der Waals surface area (Å²) in [6.07, 6.45) is 37.2. The molecule has 0 saturated carbocycles. The fourth-order valence-electron chi connectivity index (χ4n) is 5.61. The molecular weight excluding hydrogens is 550 g/mol. The van der Waals surface area contributed by atoms with Gasteiger partial charge >= 0.3 is 5.97 Å². The van der Waals surface area contributed by atoms with Gasteiger partial charge in [0, 0.05) is 13.0 Å². The number of aliphatic hydroxyl groups is 1. The predicted octanol–water partition coefficient (Wildman–Crippen LogP) is 10.2. The molecule has 0 radical (unpaired) electrons. The van der Waals surface area contributed by atoms with Gasteiger partial charge in [-0.15, -0.1) is 0 Å². The number of hydrogen-bond acceptors (Lipinski definition) is 4. The Morgan fingerprint density at radius 2 is 1.11 bits per heavy atom. The second-order valence-electron chi connectivity index (χ2n) is 12.5. The van der Waals surface area contributed by atoms with Gasteiger partial charge in [-0.25, -0.2) is 0 Å². The molecule has 44 heavy (non-hydrogen) atoms. The van der Waals surface area contributed by atoms with Gasteiger partial charge in [-0.3, -0.25) is 9.59 Å². The van der Waals surface area contributed by atoms with Crippen LogP contribution in [-0.2, 0) is 14.3 Å². The Labute approximate surface area is 272 Å². The van der Waals surface area contributed by atoms with Gasteiger partial charge in [-0.2, -0.15) is 0 Å². The molecule has 0 bridgehead atoms. The maximum Gasteiger partial charge on any atom is 0.305 e. The van der Waals surface area contributed by atoms with Crippen molar-refractivity contribution >= 4 is 11.9 Å². The molecule has 2 N–H and O–H groups in total. The third kappa shape index (κ3) is 29.1. The average Bonchev–Trinajstić information content (AvgIpc) is 3.01. The first-order chi connectivity index (χ1) is 21.6. The van der Waals surface area contributed by atoms with Crippen molar-refractivity contribution in [2.75, 3.05) is 26.4 Å². The molecule has 0 aromatic rings. The largest absolute Gasteiger partial charge is 0.481 e. The van der Waals surface area contributed by atoms with E-state index in [0.717, 1.165) is 32.1 Å². The summed E-state index contributed by atoms with van der Waals surface area (Å²) in [7, 11) is 0. The number of hydrogen-bond donors (Lipinski definition) is 2. The van der Waals surface area contributed by atoms with Crippen molar-refractivity contribution in [1.82, 2.24) is 4.90 Å². The van der Waals surface area contributed by atoms with Crippen molar-refractivity contribution in [2.45, 2.75) is 180 Å². The molecule has 0 spiro atoms. The van der Waals surface area contributed by atoms with E-state index < -0.39 is 5.97 Å². The van der Waals surface area contributed by atoms with E-state index in [1.54, 1.807) is 4.90 Å². The van der Waals surface area contributed by atoms with Crippen LogP contribution in [0.2, 0.25) is 0 Å². The summed E-state index contributed by atoms with van der Waals surface area (Å²) in [6.45, 7) is 5.18. The number of rotatable bonds is 34. The highest BCUT2D eigenvalue weighted by molar-refractivity contribution is 5.78. The fourth-order valence-corrected chi connectivity index (χ4v) is 5.61. The first-order valence-corrected chi connectivity index (χ1v) is 18.6. The van der Waals surface area contributed by atoms with E-state index in [1.807, 2.05) is 6.08 Å². The Balaban J connectivity index is 4.44. The van der Waals surface area contributed by atoms with Crippen LogP contribution in [0.1, 0.15) is 174 Å². The molecule has 0 fully saturated rings. The van der Waals surface area contributed by atoms with Gasteiger partial charge in [0.15, 0.2) is 0 Å². The van der Waals surface area contributed by atoms with Gasteiger partial charge in [-0.05, 0) is 44.9 Å². The molecule has 0 aliphatic heterocycles. The van der Waals surface area contributed by atoms with Crippen LogP contribution in [0.5, 0.6) is 0 Å². The minimum absolute atomic E-state index is 0.0378. The first kappa shape index (κ1) is 42.3. The first-order valence-electron chi connectivity index (χ1n) is 18.6. The van der Waals surface area contributed by atoms with E-state index in [9.17, 15) is 19.8 Å². The van der Waals surface area contributed by atoms with Crippen LogP contribution < -0.4 is 0 Å². The van der Waals surface area contributed by atoms with E-state index in [1.165, 1.54) is 116 Å². The summed E-state index contributed by atoms with van der Waals surface area (Å²) in [5.74, 6) is -0.936. The third-order valence-electron chi connectivity index (χ3n) is 8.36. The number of amides is 1. The highest BCUT2D eigenvalue weighted by Crippen LogP contribution is 2.16. The van der Waals surface area contributed by atoms with Crippen LogP contribution in [0, 0.1) is 0 Å². The summed E-state index contributed by atoms with van der Waals surface area (Å²) in [6, 6.07) is -0.165. The molecule has 0 aliphatic carbocycles. The molecule has 0 saturated heterocycles. The van der Waals surface area contributed by atoms with Crippen LogP contribution in [-0.4, -0.2) is 59.4 Å². The zero-order valence-electron chi connectivity index (χ0n) is 29.0. The minimum atomic E-state index is -0.899. The number of aliphatic carboxylic acids is 1. The monoisotopic (exact) mass is 622 g/mol. The van der Waals surface area contributed by atoms with E-state index in [2.05, 4.69) is 32.1 Å². The highest BCUT2D eigenvalue weighted by atomic mass is 16.5. The van der Waals surface area contributed by atoms with Crippen LogP contribution in [0.25, 0.3) is 0 Å². The number of carbonyl (C=O) groups is 2. The Bertz CT molecular complexity index is 693. The summed E-state index contributed by atoms with van der Waals surface area (Å²) in [5, 5.41) is 18.5. The molecule has 1 unspecified atom stereocenters. The van der Waals surface area contributed by atoms with E-state index in [-0.39, 0.29) is 38.1 Å². The maximum atomic E-state index is 13.2. The molecule has 258 valence electrons. The molecule has 6 heteroatoms. The topological polar surface area (TPSA) is 87.1 Å². The fraction of sp³-hybridized carbons (Fsp3) is 0.842. The average molecular weight is 622 g/mol. The predicted molar refractivity (Wildman–Crippen MR) is 186 cm³/mol. The number of unbranched alkanes of at least 4 members (excludes halogenated alkanes) is 19. The quantitative estimate of drug-likeness (QED) is 0.0551. The number of carbonyl (C=O) groups excluding carboxylic acids is 1. The SMILES string of the molecule is CCCCCCCCC=CCCCCCCCCC(COCCO)N(CCC(=O)O)C(=O)CC=CCCCCCCCCC. The zero-order valence-corrected chi connectivity index (χ0v) is 29.0. The summed E-state index contributed by atoms with van der Waals surface area (Å²) in [5.41, 5.74) is 0. The summed E-state index contributed by atoms with van der Waals surface area (Å²) < 4.78 is 5.65. The smallest absolute Gasteiger partial charge is 0.305 e. The number of aliphatic hydroxyl groups excluding tert-OH is 1. The second kappa shape index (κ2) is 34.2. The Kier molecular flexibility index (Phi) is 32.9. The molecular formula is C38H71NO5. The molecule has 6 nitrogen and oxygen atoms in total. The molecule has 0 rings (SSSR count). The second-order valence-corrected chi connectivity index (χ2v) is 12.5. The minimum Gasteiger partial charge on any atom is -0.481 e. The van der Waals surface area contributed by atoms with Crippen LogP contribution in [0.15, 0.2) is 24.3 Å². The van der Waals surface area contributed by atoms with Gasteiger partial charge < -0.3 is 19.8 Å². The van der Waals surface area contributed by atoms with Crippen molar-refractivity contribution in [1.29, 1.82) is 0 Å². The van der Waals surface area contributed by atoms with Crippen LogP contribution in [0.3, 0.4) is 0 Å². The molecule has 0 aromatic carbocycles. The lowest BCUT2D eigenvalue weighted by Crippen LogP contribution is -2.44. The lowest BCUT2D eigenvalue weighted by atomic mass is 10.0. The van der Waals surface area contributed by atoms with Gasteiger partial charge in [0.05, 0.1) is 32.3 Å². The van der Waals surface area contributed by atoms with Crippen molar-refractivity contribution < 1.29 is 24.5 Å². The van der Waals surface area contributed by atoms with Gasteiger partial charge in [0.1, 0.15) is 0 Å². The van der Waals surface area contributed by atoms with Crippen molar-refractivity contribution in [3.05, 3.63) is 24.3 Å². The highest BCUT2D eigenvalue weighted by Gasteiger charge is 2.23. The molecule has 0 heterocycles. The van der Waals surface area contributed by atoms with Crippen molar-refractivity contribution in [3.63, 3.8) is 0 Å². The lowest BCUT2D eigenvalue weighted by molar-refractivity contribution is -0.140. The summed E-state index contributed by atoms with van der Waals surface area (Å²) in [4.78, 5) is 26.3. The molecule has 1 amide bonds. The number of ether oxygens (including phenoxy) is 1. The lowest BCUT2D eigenvalue weighted by Gasteiger charge is -2.31. The Hall–Kier alpha value is -1.66. The van der Waals surface area contributed by atoms with Crippen LogP contribution in [0.4, 0.5) is 0 Å². The van der Waals surface area contributed by atoms with E-state index in [4.69, 9.17) is 4.74 Å². The molecule has 0 aromatic heterocycles. The molecule has 1 atom stereocenters. The Morgan fingerprint density at radius 3 is 1.59 bits per heavy atom.